The Morgan fingerprint density at radius 1 is 1.28 bits per heavy atom. The molecule has 3 heteroatoms. The fourth-order valence-electron chi connectivity index (χ4n) is 3.19. The summed E-state index contributed by atoms with van der Waals surface area (Å²) >= 11 is 0. The second-order valence-electron chi connectivity index (χ2n) is 6.32. The van der Waals surface area contributed by atoms with Crippen LogP contribution in [0.1, 0.15) is 56.1 Å². The molecule has 136 valence electrons. The van der Waals surface area contributed by atoms with E-state index in [0.717, 1.165) is 24.2 Å². The van der Waals surface area contributed by atoms with E-state index >= 15 is 0 Å². The molecular formula is C22H32N2O. The van der Waals surface area contributed by atoms with Gasteiger partial charge in [-0.1, -0.05) is 50.8 Å². The van der Waals surface area contributed by atoms with Crippen LogP contribution in [-0.4, -0.2) is 15.9 Å². The van der Waals surface area contributed by atoms with Gasteiger partial charge in [-0.25, -0.2) is 0 Å². The Bertz CT molecular complexity index is 685. The summed E-state index contributed by atoms with van der Waals surface area (Å²) in [6.45, 7) is 15.1. The highest BCUT2D eigenvalue weighted by Crippen LogP contribution is 2.30. The highest BCUT2D eigenvalue weighted by molar-refractivity contribution is 5.63. The second kappa shape index (κ2) is 10.7. The molecule has 0 radical (unpaired) electrons. The summed E-state index contributed by atoms with van der Waals surface area (Å²) in [5, 5.41) is 9.93. The van der Waals surface area contributed by atoms with Crippen molar-refractivity contribution in [3.8, 4) is 0 Å². The van der Waals surface area contributed by atoms with Crippen LogP contribution >= 0.6 is 0 Å². The van der Waals surface area contributed by atoms with Gasteiger partial charge in [0, 0.05) is 42.3 Å². The second-order valence-corrected chi connectivity index (χ2v) is 6.32. The van der Waals surface area contributed by atoms with Crippen molar-refractivity contribution in [1.82, 2.24) is 4.57 Å². The number of hydrogen-bond donors (Lipinski definition) is 1. The van der Waals surface area contributed by atoms with Gasteiger partial charge in [0.25, 0.3) is 0 Å². The summed E-state index contributed by atoms with van der Waals surface area (Å²) in [5.74, 6) is 0.348. The molecule has 0 aliphatic heterocycles. The Labute approximate surface area is 152 Å². The Kier molecular flexibility index (Phi) is 8.93. The molecule has 0 saturated heterocycles. The van der Waals surface area contributed by atoms with Gasteiger partial charge in [-0.2, -0.15) is 0 Å². The van der Waals surface area contributed by atoms with E-state index in [2.05, 4.69) is 43.0 Å². The summed E-state index contributed by atoms with van der Waals surface area (Å²) in [5.41, 5.74) is 5.82. The van der Waals surface area contributed by atoms with Crippen molar-refractivity contribution >= 4 is 6.21 Å². The smallest absolute Gasteiger partial charge is 0.0702 e. The predicted octanol–water partition coefficient (Wildman–Crippen LogP) is 5.25. The van der Waals surface area contributed by atoms with Crippen LogP contribution in [0.5, 0.6) is 0 Å². The molecule has 0 amide bonds. The summed E-state index contributed by atoms with van der Waals surface area (Å²) in [4.78, 5) is 4.32. The number of allylic oxidation sites excluding steroid dienone is 6. The lowest BCUT2D eigenvalue weighted by atomic mass is 9.97. The number of aliphatic hydroxyl groups is 1. The topological polar surface area (TPSA) is 37.5 Å². The van der Waals surface area contributed by atoms with Crippen LogP contribution in [0.2, 0.25) is 0 Å². The van der Waals surface area contributed by atoms with Gasteiger partial charge in [0.1, 0.15) is 0 Å². The quantitative estimate of drug-likeness (QED) is 0.484. The minimum absolute atomic E-state index is 0.0650. The largest absolute Gasteiger partial charge is 0.392 e. The lowest BCUT2D eigenvalue weighted by Crippen LogP contribution is -2.09. The number of aliphatic imine (C=N–C) groups is 1. The van der Waals surface area contributed by atoms with Gasteiger partial charge < -0.3 is 9.67 Å². The third-order valence-electron chi connectivity index (χ3n) is 4.22. The van der Waals surface area contributed by atoms with E-state index in [0.29, 0.717) is 5.92 Å². The summed E-state index contributed by atoms with van der Waals surface area (Å²) in [7, 11) is 0. The number of nitrogens with zero attached hydrogens (tertiary/aromatic N) is 2. The first-order valence-corrected chi connectivity index (χ1v) is 8.90. The van der Waals surface area contributed by atoms with Gasteiger partial charge in [-0.3, -0.25) is 4.99 Å². The normalized spacial score (nSPS) is 13.2. The van der Waals surface area contributed by atoms with Crippen LogP contribution in [0, 0.1) is 6.92 Å². The summed E-state index contributed by atoms with van der Waals surface area (Å²) < 4.78 is 2.30. The Balaban J connectivity index is 3.46. The summed E-state index contributed by atoms with van der Waals surface area (Å²) in [6, 6.07) is 0. The van der Waals surface area contributed by atoms with Gasteiger partial charge in [-0.05, 0) is 37.8 Å². The molecule has 0 aliphatic rings. The number of aromatic nitrogens is 1. The molecule has 0 fully saturated rings. The van der Waals surface area contributed by atoms with Crippen LogP contribution in [0.25, 0.3) is 0 Å². The maximum Gasteiger partial charge on any atom is 0.0702 e. The van der Waals surface area contributed by atoms with E-state index in [4.69, 9.17) is 0 Å². The Morgan fingerprint density at radius 2 is 2.00 bits per heavy atom. The molecule has 1 rings (SSSR count). The standard InChI is InChI=1S/C22H32N2O/c1-7-10-19(11-8-2)15-24-18(6)20(16-25)22(17(4)5)21(24)12-14-23-13-9-3/h7-11,13-14,17,25H,1,12,15-16H2,2-6H3/b11-8-,13-9-,19-10+,23-14?. The average molecular weight is 341 g/mol. The van der Waals surface area contributed by atoms with Crippen molar-refractivity contribution in [3.05, 3.63) is 71.2 Å². The maximum absolute atomic E-state index is 9.93. The molecule has 0 atom stereocenters. The lowest BCUT2D eigenvalue weighted by Gasteiger charge is -2.14. The van der Waals surface area contributed by atoms with E-state index in [9.17, 15) is 5.11 Å². The van der Waals surface area contributed by atoms with Crippen molar-refractivity contribution in [2.45, 2.75) is 60.1 Å². The first-order valence-electron chi connectivity index (χ1n) is 8.90. The molecule has 1 heterocycles. The van der Waals surface area contributed by atoms with Crippen LogP contribution in [-0.2, 0) is 19.6 Å². The van der Waals surface area contributed by atoms with Crippen molar-refractivity contribution in [1.29, 1.82) is 0 Å². The Hall–Kier alpha value is -2.13. The highest BCUT2D eigenvalue weighted by atomic mass is 16.3. The SMILES string of the molecule is C=C/C=C(\C=C/C)Cn1c(C)c(CO)c(C(C)C)c1CC=N/C=C\C. The maximum atomic E-state index is 9.93. The number of hydrogen-bond acceptors (Lipinski definition) is 2. The molecule has 0 aliphatic carbocycles. The molecule has 0 spiro atoms. The molecule has 3 nitrogen and oxygen atoms in total. The van der Waals surface area contributed by atoms with Gasteiger partial charge in [0.2, 0.25) is 0 Å². The van der Waals surface area contributed by atoms with E-state index in [-0.39, 0.29) is 6.61 Å². The van der Waals surface area contributed by atoms with Crippen molar-refractivity contribution in [2.75, 3.05) is 0 Å². The van der Waals surface area contributed by atoms with Crippen LogP contribution in [0.15, 0.2) is 53.7 Å². The fourth-order valence-corrected chi connectivity index (χ4v) is 3.19. The van der Waals surface area contributed by atoms with Crippen LogP contribution in [0.3, 0.4) is 0 Å². The van der Waals surface area contributed by atoms with Gasteiger partial charge in [0.15, 0.2) is 0 Å². The molecule has 1 aromatic rings. The first kappa shape index (κ1) is 20.9. The molecule has 1 aromatic heterocycles. The minimum Gasteiger partial charge on any atom is -0.392 e. The first-order chi connectivity index (χ1) is 12.0. The van der Waals surface area contributed by atoms with Crippen molar-refractivity contribution < 1.29 is 5.11 Å². The van der Waals surface area contributed by atoms with E-state index in [1.54, 1.807) is 6.20 Å². The van der Waals surface area contributed by atoms with Crippen LogP contribution < -0.4 is 0 Å². The van der Waals surface area contributed by atoms with E-state index in [1.165, 1.54) is 16.8 Å². The van der Waals surface area contributed by atoms with E-state index in [1.807, 2.05) is 44.4 Å². The zero-order chi connectivity index (χ0) is 18.8. The summed E-state index contributed by atoms with van der Waals surface area (Å²) in [6.07, 6.45) is 14.4. The zero-order valence-electron chi connectivity index (χ0n) is 16.3. The predicted molar refractivity (Wildman–Crippen MR) is 109 cm³/mol. The van der Waals surface area contributed by atoms with Crippen molar-refractivity contribution in [2.24, 2.45) is 4.99 Å². The Morgan fingerprint density at radius 3 is 2.52 bits per heavy atom. The molecule has 0 unspecified atom stereocenters. The molecule has 0 saturated carbocycles. The third-order valence-corrected chi connectivity index (χ3v) is 4.22. The highest BCUT2D eigenvalue weighted by Gasteiger charge is 2.21. The third kappa shape index (κ3) is 5.43. The fraction of sp³-hybridized carbons (Fsp3) is 0.409. The number of rotatable bonds is 9. The van der Waals surface area contributed by atoms with E-state index < -0.39 is 0 Å². The lowest BCUT2D eigenvalue weighted by molar-refractivity contribution is 0.279. The number of aliphatic hydroxyl groups excluding tert-OH is 1. The van der Waals surface area contributed by atoms with Gasteiger partial charge >= 0.3 is 0 Å². The monoisotopic (exact) mass is 340 g/mol. The average Bonchev–Trinajstić information content (AvgIpc) is 2.84. The van der Waals surface area contributed by atoms with Crippen LogP contribution in [0.4, 0.5) is 0 Å². The minimum atomic E-state index is 0.0650. The molecular weight excluding hydrogens is 308 g/mol. The molecule has 25 heavy (non-hydrogen) atoms. The molecule has 0 bridgehead atoms. The van der Waals surface area contributed by atoms with Gasteiger partial charge in [-0.15, -0.1) is 0 Å². The molecule has 0 aromatic carbocycles. The zero-order valence-corrected chi connectivity index (χ0v) is 16.3. The van der Waals surface area contributed by atoms with Crippen molar-refractivity contribution in [3.63, 3.8) is 0 Å². The van der Waals surface area contributed by atoms with Gasteiger partial charge in [0.05, 0.1) is 6.61 Å². The molecule has 1 N–H and O–H groups in total.